The summed E-state index contributed by atoms with van der Waals surface area (Å²) in [5.41, 5.74) is 3.58. The largest absolute Gasteiger partial charge is 0.392 e. The van der Waals surface area contributed by atoms with Crippen LogP contribution in [0.1, 0.15) is 24.0 Å². The molecular weight excluding hydrogens is 174 g/mol. The molecule has 1 fully saturated rings. The van der Waals surface area contributed by atoms with E-state index in [2.05, 4.69) is 17.9 Å². The minimum atomic E-state index is 0.146. The predicted octanol–water partition coefficient (Wildman–Crippen LogP) is 2.09. The number of aliphatic hydroxyl groups is 1. The molecule has 1 aromatic rings. The molecule has 1 N–H and O–H groups in total. The van der Waals surface area contributed by atoms with Gasteiger partial charge in [0.15, 0.2) is 0 Å². The monoisotopic (exact) mass is 191 g/mol. The number of anilines is 1. The van der Waals surface area contributed by atoms with Crippen LogP contribution in [0.2, 0.25) is 0 Å². The third-order valence-corrected chi connectivity index (χ3v) is 3.03. The van der Waals surface area contributed by atoms with Gasteiger partial charge in [-0.25, -0.2) is 0 Å². The molecule has 2 heteroatoms. The Bertz CT molecular complexity index is 316. The Kier molecular flexibility index (Phi) is 2.73. The van der Waals surface area contributed by atoms with Crippen LogP contribution in [0.4, 0.5) is 5.69 Å². The summed E-state index contributed by atoms with van der Waals surface area (Å²) in [4.78, 5) is 2.41. The van der Waals surface area contributed by atoms with Gasteiger partial charge in [0.2, 0.25) is 0 Å². The standard InChI is InChI=1S/C12H17NO/c1-10-11(9-14)5-4-6-12(10)13-7-2-3-8-13/h4-6,14H,2-3,7-9H2,1H3. The minimum absolute atomic E-state index is 0.146. The summed E-state index contributed by atoms with van der Waals surface area (Å²) < 4.78 is 0. The number of nitrogens with zero attached hydrogens (tertiary/aromatic N) is 1. The summed E-state index contributed by atoms with van der Waals surface area (Å²) in [5, 5.41) is 9.17. The summed E-state index contributed by atoms with van der Waals surface area (Å²) in [5.74, 6) is 0. The van der Waals surface area contributed by atoms with Crippen molar-refractivity contribution in [3.63, 3.8) is 0 Å². The van der Waals surface area contributed by atoms with Gasteiger partial charge in [0.05, 0.1) is 6.61 Å². The summed E-state index contributed by atoms with van der Waals surface area (Å²) in [7, 11) is 0. The van der Waals surface area contributed by atoms with E-state index in [4.69, 9.17) is 5.11 Å². The van der Waals surface area contributed by atoms with Crippen molar-refractivity contribution in [2.45, 2.75) is 26.4 Å². The summed E-state index contributed by atoms with van der Waals surface area (Å²) in [6.45, 7) is 4.57. The third-order valence-electron chi connectivity index (χ3n) is 3.03. The van der Waals surface area contributed by atoms with Crippen molar-refractivity contribution in [1.82, 2.24) is 0 Å². The topological polar surface area (TPSA) is 23.5 Å². The van der Waals surface area contributed by atoms with Gasteiger partial charge in [-0.15, -0.1) is 0 Å². The molecule has 1 aromatic carbocycles. The summed E-state index contributed by atoms with van der Waals surface area (Å²) in [6.07, 6.45) is 2.59. The van der Waals surface area contributed by atoms with E-state index in [1.165, 1.54) is 24.1 Å². The van der Waals surface area contributed by atoms with Crippen molar-refractivity contribution in [3.8, 4) is 0 Å². The Morgan fingerprint density at radius 3 is 2.64 bits per heavy atom. The molecule has 0 aromatic heterocycles. The van der Waals surface area contributed by atoms with E-state index in [1.807, 2.05) is 12.1 Å². The zero-order valence-electron chi connectivity index (χ0n) is 8.66. The SMILES string of the molecule is Cc1c(CO)cccc1N1CCCC1. The second-order valence-electron chi connectivity index (χ2n) is 3.91. The molecular formula is C12H17NO. The molecule has 1 saturated heterocycles. The van der Waals surface area contributed by atoms with Gasteiger partial charge in [0.25, 0.3) is 0 Å². The fourth-order valence-electron chi connectivity index (χ4n) is 2.14. The molecule has 14 heavy (non-hydrogen) atoms. The second-order valence-corrected chi connectivity index (χ2v) is 3.91. The Hall–Kier alpha value is -1.02. The van der Waals surface area contributed by atoms with E-state index in [0.717, 1.165) is 18.7 Å². The van der Waals surface area contributed by atoms with Crippen molar-refractivity contribution in [3.05, 3.63) is 29.3 Å². The smallest absolute Gasteiger partial charge is 0.0685 e. The lowest BCUT2D eigenvalue weighted by Crippen LogP contribution is -2.19. The van der Waals surface area contributed by atoms with Crippen molar-refractivity contribution >= 4 is 5.69 Å². The zero-order valence-corrected chi connectivity index (χ0v) is 8.66. The van der Waals surface area contributed by atoms with Crippen LogP contribution in [-0.2, 0) is 6.61 Å². The van der Waals surface area contributed by atoms with E-state index in [1.54, 1.807) is 0 Å². The first kappa shape index (κ1) is 9.53. The molecule has 0 spiro atoms. The minimum Gasteiger partial charge on any atom is -0.392 e. The lowest BCUT2D eigenvalue weighted by Gasteiger charge is -2.21. The summed E-state index contributed by atoms with van der Waals surface area (Å²) in [6, 6.07) is 6.18. The lowest BCUT2D eigenvalue weighted by atomic mass is 10.1. The molecule has 0 atom stereocenters. The molecule has 2 nitrogen and oxygen atoms in total. The van der Waals surface area contributed by atoms with E-state index in [-0.39, 0.29) is 6.61 Å². The molecule has 0 unspecified atom stereocenters. The Labute approximate surface area is 85.2 Å². The molecule has 76 valence electrons. The molecule has 0 bridgehead atoms. The van der Waals surface area contributed by atoms with Gasteiger partial charge in [0.1, 0.15) is 0 Å². The highest BCUT2D eigenvalue weighted by Crippen LogP contribution is 2.26. The van der Waals surface area contributed by atoms with E-state index >= 15 is 0 Å². The van der Waals surface area contributed by atoms with Crippen LogP contribution in [0.3, 0.4) is 0 Å². The van der Waals surface area contributed by atoms with Crippen LogP contribution in [0.25, 0.3) is 0 Å². The number of rotatable bonds is 2. The average molecular weight is 191 g/mol. The van der Waals surface area contributed by atoms with Gasteiger partial charge in [0, 0.05) is 18.8 Å². The first-order valence-electron chi connectivity index (χ1n) is 5.27. The predicted molar refractivity (Wildman–Crippen MR) is 58.5 cm³/mol. The fraction of sp³-hybridized carbons (Fsp3) is 0.500. The third kappa shape index (κ3) is 1.62. The van der Waals surface area contributed by atoms with E-state index in [9.17, 15) is 0 Å². The van der Waals surface area contributed by atoms with Crippen LogP contribution in [0, 0.1) is 6.92 Å². The maximum absolute atomic E-state index is 9.17. The van der Waals surface area contributed by atoms with Crippen LogP contribution in [0.5, 0.6) is 0 Å². The van der Waals surface area contributed by atoms with Gasteiger partial charge >= 0.3 is 0 Å². The van der Waals surface area contributed by atoms with Crippen molar-refractivity contribution < 1.29 is 5.11 Å². The highest BCUT2D eigenvalue weighted by Gasteiger charge is 2.14. The van der Waals surface area contributed by atoms with Gasteiger partial charge in [-0.1, -0.05) is 12.1 Å². The van der Waals surface area contributed by atoms with E-state index in [0.29, 0.717) is 0 Å². The number of aliphatic hydroxyl groups excluding tert-OH is 1. The van der Waals surface area contributed by atoms with Gasteiger partial charge < -0.3 is 10.0 Å². The zero-order chi connectivity index (χ0) is 9.97. The quantitative estimate of drug-likeness (QED) is 0.773. The molecule has 1 aliphatic heterocycles. The van der Waals surface area contributed by atoms with Crippen LogP contribution in [0.15, 0.2) is 18.2 Å². The highest BCUT2D eigenvalue weighted by atomic mass is 16.3. The van der Waals surface area contributed by atoms with Crippen LogP contribution < -0.4 is 4.90 Å². The lowest BCUT2D eigenvalue weighted by molar-refractivity contribution is 0.281. The van der Waals surface area contributed by atoms with Crippen molar-refractivity contribution in [1.29, 1.82) is 0 Å². The first-order chi connectivity index (χ1) is 6.83. The van der Waals surface area contributed by atoms with Gasteiger partial charge in [-0.3, -0.25) is 0 Å². The normalized spacial score (nSPS) is 16.3. The van der Waals surface area contributed by atoms with Gasteiger partial charge in [-0.2, -0.15) is 0 Å². The maximum Gasteiger partial charge on any atom is 0.0685 e. The molecule has 0 aliphatic carbocycles. The summed E-state index contributed by atoms with van der Waals surface area (Å²) >= 11 is 0. The number of hydrogen-bond donors (Lipinski definition) is 1. The molecule has 0 amide bonds. The Morgan fingerprint density at radius 2 is 2.00 bits per heavy atom. The van der Waals surface area contributed by atoms with Crippen molar-refractivity contribution in [2.24, 2.45) is 0 Å². The second kappa shape index (κ2) is 4.01. The van der Waals surface area contributed by atoms with Crippen LogP contribution in [-0.4, -0.2) is 18.2 Å². The average Bonchev–Trinajstić information content (AvgIpc) is 2.71. The fourth-order valence-corrected chi connectivity index (χ4v) is 2.14. The first-order valence-corrected chi connectivity index (χ1v) is 5.27. The van der Waals surface area contributed by atoms with Gasteiger partial charge in [-0.05, 0) is 37.0 Å². The molecule has 2 rings (SSSR count). The highest BCUT2D eigenvalue weighted by molar-refractivity contribution is 5.56. The molecule has 1 aliphatic rings. The van der Waals surface area contributed by atoms with E-state index < -0.39 is 0 Å². The van der Waals surface area contributed by atoms with Crippen molar-refractivity contribution in [2.75, 3.05) is 18.0 Å². The number of benzene rings is 1. The molecule has 0 saturated carbocycles. The Morgan fingerprint density at radius 1 is 1.29 bits per heavy atom. The maximum atomic E-state index is 9.17. The molecule has 0 radical (unpaired) electrons. The van der Waals surface area contributed by atoms with Crippen LogP contribution >= 0.6 is 0 Å². The Balaban J connectivity index is 2.32. The number of hydrogen-bond acceptors (Lipinski definition) is 2. The molecule has 1 heterocycles.